The van der Waals surface area contributed by atoms with Crippen LogP contribution in [0.1, 0.15) is 33.1 Å². The third-order valence-electron chi connectivity index (χ3n) is 2.86. The number of hydrogen-bond acceptors (Lipinski definition) is 4. The Balaban J connectivity index is 2.07. The zero-order chi connectivity index (χ0) is 10.1. The fourth-order valence-electron chi connectivity index (χ4n) is 2.17. The molecule has 0 saturated carbocycles. The fourth-order valence-corrected chi connectivity index (χ4v) is 2.17. The van der Waals surface area contributed by atoms with Crippen LogP contribution >= 0.6 is 0 Å². The van der Waals surface area contributed by atoms with Crippen LogP contribution in [0.2, 0.25) is 0 Å². The molecule has 5 nitrogen and oxygen atoms in total. The van der Waals surface area contributed by atoms with Crippen LogP contribution < -0.4 is 5.73 Å². The lowest BCUT2D eigenvalue weighted by molar-refractivity contribution is -0.0627. The number of hydrogen-bond donors (Lipinski definition) is 1. The highest BCUT2D eigenvalue weighted by molar-refractivity contribution is 4.98. The van der Waals surface area contributed by atoms with Gasteiger partial charge in [-0.05, 0) is 26.7 Å². The maximum absolute atomic E-state index is 5.50. The van der Waals surface area contributed by atoms with E-state index < -0.39 is 0 Å². The van der Waals surface area contributed by atoms with Gasteiger partial charge in [0.15, 0.2) is 5.88 Å². The minimum absolute atomic E-state index is 0.356. The second-order valence-electron chi connectivity index (χ2n) is 4.03. The molecule has 1 saturated heterocycles. The molecule has 80 valence electrons. The summed E-state index contributed by atoms with van der Waals surface area (Å²) in [5.41, 5.74) is 9.38. The van der Waals surface area contributed by atoms with Crippen LogP contribution in [0, 0.1) is 0 Å². The molecule has 2 aliphatic rings. The normalized spacial score (nSPS) is 34.1. The van der Waals surface area contributed by atoms with Crippen LogP contribution in [-0.2, 0) is 4.84 Å². The predicted octanol–water partition coefficient (Wildman–Crippen LogP) is 1.46. The lowest BCUT2D eigenvalue weighted by Gasteiger charge is -2.49. The molecule has 2 heterocycles. The van der Waals surface area contributed by atoms with E-state index in [9.17, 15) is 0 Å². The minimum atomic E-state index is 0.356. The largest absolute Gasteiger partial charge is 0.556 e. The molecule has 0 aromatic rings. The first-order valence-electron chi connectivity index (χ1n) is 5.11. The van der Waals surface area contributed by atoms with E-state index in [1.807, 2.05) is 0 Å². The molecule has 0 aliphatic carbocycles. The van der Waals surface area contributed by atoms with E-state index >= 15 is 0 Å². The van der Waals surface area contributed by atoms with Crippen LogP contribution in [0.3, 0.4) is 0 Å². The maximum Gasteiger partial charge on any atom is 0.186 e. The number of nitrogens with zero attached hydrogens (tertiary/aromatic N) is 3. The van der Waals surface area contributed by atoms with Crippen molar-refractivity contribution in [2.45, 2.75) is 45.2 Å². The molecule has 2 aliphatic heterocycles. The van der Waals surface area contributed by atoms with Gasteiger partial charge in [-0.1, -0.05) is 6.42 Å². The van der Waals surface area contributed by atoms with E-state index in [0.29, 0.717) is 18.0 Å². The van der Waals surface area contributed by atoms with E-state index in [4.69, 9.17) is 10.6 Å². The number of nitrogens with two attached hydrogens (primary N) is 1. The monoisotopic (exact) mass is 197 g/mol. The van der Waals surface area contributed by atoms with E-state index in [0.717, 1.165) is 0 Å². The molecular weight excluding hydrogens is 180 g/mol. The summed E-state index contributed by atoms with van der Waals surface area (Å²) in [7, 11) is 0. The Morgan fingerprint density at radius 3 is 2.57 bits per heavy atom. The third-order valence-corrected chi connectivity index (χ3v) is 2.86. The van der Waals surface area contributed by atoms with Crippen LogP contribution in [-0.4, -0.2) is 22.2 Å². The second kappa shape index (κ2) is 3.67. The van der Waals surface area contributed by atoms with E-state index in [1.54, 1.807) is 11.3 Å². The van der Waals surface area contributed by atoms with Crippen molar-refractivity contribution in [2.24, 2.45) is 5.73 Å². The summed E-state index contributed by atoms with van der Waals surface area (Å²) in [6, 6.07) is 0.987. The van der Waals surface area contributed by atoms with Gasteiger partial charge < -0.3 is 21.3 Å². The van der Waals surface area contributed by atoms with Gasteiger partial charge in [0.05, 0.1) is 6.20 Å². The van der Waals surface area contributed by atoms with E-state index in [-0.39, 0.29) is 0 Å². The number of piperidine rings is 1. The summed E-state index contributed by atoms with van der Waals surface area (Å²) in [6.45, 7) is 4.40. The van der Waals surface area contributed by atoms with Crippen LogP contribution in [0.5, 0.6) is 0 Å². The summed E-state index contributed by atoms with van der Waals surface area (Å²) >= 11 is 0. The third kappa shape index (κ3) is 1.65. The zero-order valence-corrected chi connectivity index (χ0v) is 8.68. The quantitative estimate of drug-likeness (QED) is 0.691. The van der Waals surface area contributed by atoms with Crippen molar-refractivity contribution in [3.63, 3.8) is 0 Å². The molecule has 1 fully saturated rings. The van der Waals surface area contributed by atoms with Crippen LogP contribution in [0.25, 0.3) is 5.59 Å². The average Bonchev–Trinajstić information content (AvgIpc) is 2.51. The van der Waals surface area contributed by atoms with Crippen LogP contribution in [0.4, 0.5) is 0 Å². The molecule has 2 unspecified atom stereocenters. The van der Waals surface area contributed by atoms with Gasteiger partial charge in [0.1, 0.15) is 0 Å². The number of rotatable bonds is 1. The number of hydrazine groups is 1. The Kier molecular flexibility index (Phi) is 2.52. The van der Waals surface area contributed by atoms with Gasteiger partial charge >= 0.3 is 0 Å². The van der Waals surface area contributed by atoms with Crippen molar-refractivity contribution >= 4 is 0 Å². The van der Waals surface area contributed by atoms with Crippen molar-refractivity contribution in [2.75, 3.05) is 0 Å². The Labute approximate surface area is 84.4 Å². The molecule has 0 radical (unpaired) electrons. The topological polar surface area (TPSA) is 55.8 Å². The first-order valence-corrected chi connectivity index (χ1v) is 5.11. The molecule has 0 aromatic carbocycles. The Bertz CT molecular complexity index is 233. The first kappa shape index (κ1) is 9.61. The second-order valence-corrected chi connectivity index (χ2v) is 4.03. The molecular formula is C9H17N4O-. The van der Waals surface area contributed by atoms with Crippen molar-refractivity contribution in [1.82, 2.24) is 10.1 Å². The standard InChI is InChI=1S/C9H17N4O/c1-7-4-3-5-8(2)13(7)12-6-9(10)14-11-12/h6-8H,3-5,10H2,1-2H3/q-1. The summed E-state index contributed by atoms with van der Waals surface area (Å²) in [4.78, 5) is 4.86. The van der Waals surface area contributed by atoms with Gasteiger partial charge in [-0.15, -0.1) is 0 Å². The molecule has 5 heteroatoms. The lowest BCUT2D eigenvalue weighted by Crippen LogP contribution is -2.49. The van der Waals surface area contributed by atoms with Gasteiger partial charge in [0.25, 0.3) is 0 Å². The predicted molar refractivity (Wildman–Crippen MR) is 53.2 cm³/mol. The minimum Gasteiger partial charge on any atom is -0.556 e. The molecule has 2 rings (SSSR count). The van der Waals surface area contributed by atoms with Gasteiger partial charge in [-0.3, -0.25) is 0 Å². The molecule has 2 N–H and O–H groups in total. The summed E-state index contributed by atoms with van der Waals surface area (Å²) in [5.74, 6) is 0.356. The molecule has 14 heavy (non-hydrogen) atoms. The molecule has 0 bridgehead atoms. The zero-order valence-electron chi connectivity index (χ0n) is 8.68. The Morgan fingerprint density at radius 1 is 1.43 bits per heavy atom. The summed E-state index contributed by atoms with van der Waals surface area (Å²) in [6.07, 6.45) is 5.40. The smallest absolute Gasteiger partial charge is 0.186 e. The van der Waals surface area contributed by atoms with Crippen molar-refractivity contribution in [3.05, 3.63) is 17.7 Å². The molecule has 0 aromatic heterocycles. The highest BCUT2D eigenvalue weighted by Gasteiger charge is 2.26. The maximum atomic E-state index is 5.50. The average molecular weight is 197 g/mol. The lowest BCUT2D eigenvalue weighted by atomic mass is 10.00. The van der Waals surface area contributed by atoms with E-state index in [2.05, 4.69) is 24.4 Å². The van der Waals surface area contributed by atoms with Gasteiger partial charge in [0.2, 0.25) is 0 Å². The van der Waals surface area contributed by atoms with E-state index in [1.165, 1.54) is 19.3 Å². The molecule has 0 amide bonds. The summed E-state index contributed by atoms with van der Waals surface area (Å²) < 4.78 is 0. The van der Waals surface area contributed by atoms with Crippen LogP contribution in [0.15, 0.2) is 12.1 Å². The molecule has 2 atom stereocenters. The highest BCUT2D eigenvalue weighted by atomic mass is 16.7. The Hall–Kier alpha value is -0.940. The molecule has 0 spiro atoms. The van der Waals surface area contributed by atoms with Gasteiger partial charge in [-0.25, -0.2) is 5.01 Å². The van der Waals surface area contributed by atoms with Crippen molar-refractivity contribution < 1.29 is 4.84 Å². The summed E-state index contributed by atoms with van der Waals surface area (Å²) in [5, 5.41) is 3.94. The first-order chi connectivity index (χ1) is 6.68. The van der Waals surface area contributed by atoms with Gasteiger partial charge in [-0.2, -0.15) is 0 Å². The fraction of sp³-hybridized carbons (Fsp3) is 0.778. The highest BCUT2D eigenvalue weighted by Crippen LogP contribution is 2.28. The SMILES string of the molecule is CC1CCCC(C)N1N1C=C(N)O[N-]1. The van der Waals surface area contributed by atoms with Crippen molar-refractivity contribution in [1.29, 1.82) is 0 Å². The Morgan fingerprint density at radius 2 is 2.07 bits per heavy atom. The van der Waals surface area contributed by atoms with Gasteiger partial charge in [0, 0.05) is 12.1 Å². The van der Waals surface area contributed by atoms with Crippen molar-refractivity contribution in [3.8, 4) is 0 Å².